The summed E-state index contributed by atoms with van der Waals surface area (Å²) in [6.07, 6.45) is 0. The van der Waals surface area contributed by atoms with Gasteiger partial charge in [0.1, 0.15) is 12.6 Å². The predicted molar refractivity (Wildman–Crippen MR) is 99.5 cm³/mol. The molecular formula is C19H21N3O4. The third-order valence-electron chi connectivity index (χ3n) is 4.09. The first kappa shape index (κ1) is 17.6. The third-order valence-corrected chi connectivity index (χ3v) is 4.09. The summed E-state index contributed by atoms with van der Waals surface area (Å²) in [6, 6.07) is 13.0. The average molecular weight is 355 g/mol. The normalized spacial score (nSPS) is 16.7. The van der Waals surface area contributed by atoms with Gasteiger partial charge in [-0.25, -0.2) is 4.99 Å². The molecule has 1 unspecified atom stereocenters. The molecule has 136 valence electrons. The molecule has 7 heteroatoms. The van der Waals surface area contributed by atoms with Gasteiger partial charge in [0.25, 0.3) is 0 Å². The van der Waals surface area contributed by atoms with Crippen LogP contribution in [0.1, 0.15) is 11.1 Å². The van der Waals surface area contributed by atoms with Gasteiger partial charge in [-0.2, -0.15) is 5.10 Å². The van der Waals surface area contributed by atoms with E-state index in [1.165, 1.54) is 0 Å². The van der Waals surface area contributed by atoms with E-state index in [2.05, 4.69) is 10.1 Å². The lowest BCUT2D eigenvalue weighted by Gasteiger charge is -2.16. The maximum atomic E-state index is 5.74. The van der Waals surface area contributed by atoms with Crippen LogP contribution in [0.5, 0.6) is 17.2 Å². The van der Waals surface area contributed by atoms with Crippen molar-refractivity contribution in [2.75, 3.05) is 27.9 Å². The fourth-order valence-corrected chi connectivity index (χ4v) is 2.83. The summed E-state index contributed by atoms with van der Waals surface area (Å²) >= 11 is 0. The molecule has 26 heavy (non-hydrogen) atoms. The summed E-state index contributed by atoms with van der Waals surface area (Å²) in [5.74, 6) is 7.80. The van der Waals surface area contributed by atoms with Crippen LogP contribution in [-0.4, -0.2) is 45.6 Å². The van der Waals surface area contributed by atoms with Gasteiger partial charge in [0.15, 0.2) is 11.5 Å². The average Bonchev–Trinajstić information content (AvgIpc) is 3.18. The Bertz CT molecular complexity index is 809. The maximum absolute atomic E-state index is 5.74. The van der Waals surface area contributed by atoms with Crippen molar-refractivity contribution in [3.05, 3.63) is 53.6 Å². The second-order valence-corrected chi connectivity index (χ2v) is 5.56. The van der Waals surface area contributed by atoms with Crippen molar-refractivity contribution in [2.45, 2.75) is 6.04 Å². The molecule has 0 aliphatic carbocycles. The van der Waals surface area contributed by atoms with Gasteiger partial charge in [-0.1, -0.05) is 18.2 Å². The fourth-order valence-electron chi connectivity index (χ4n) is 2.83. The predicted octanol–water partition coefficient (Wildman–Crippen LogP) is 2.22. The number of hydrazone groups is 1. The first-order valence-electron chi connectivity index (χ1n) is 8.06. The molecule has 7 nitrogen and oxygen atoms in total. The van der Waals surface area contributed by atoms with Gasteiger partial charge in [0.05, 0.1) is 27.0 Å². The standard InChI is InChI=1S/C19H21N3O4/c1-23-15-9-13(10-16(24-2)18(15)25-3)17(22-20)14-11-26-19(21-14)12-7-5-4-6-8-12/h4-10,14H,11,20H2,1-3H3/b22-17-. The fraction of sp³-hybridized carbons (Fsp3) is 0.263. The molecule has 1 atom stereocenters. The van der Waals surface area contributed by atoms with Crippen LogP contribution < -0.4 is 20.1 Å². The number of hydrogen-bond donors (Lipinski definition) is 1. The van der Waals surface area contributed by atoms with Crippen LogP contribution in [0.25, 0.3) is 0 Å². The van der Waals surface area contributed by atoms with Crippen molar-refractivity contribution in [2.24, 2.45) is 15.9 Å². The quantitative estimate of drug-likeness (QED) is 0.488. The van der Waals surface area contributed by atoms with Gasteiger partial charge >= 0.3 is 0 Å². The number of nitrogens with two attached hydrogens (primary N) is 1. The molecule has 0 fully saturated rings. The number of benzene rings is 2. The Morgan fingerprint density at radius 3 is 2.27 bits per heavy atom. The summed E-state index contributed by atoms with van der Waals surface area (Å²) in [4.78, 5) is 4.63. The molecule has 0 bridgehead atoms. The molecular weight excluding hydrogens is 334 g/mol. The molecule has 0 saturated heterocycles. The van der Waals surface area contributed by atoms with Gasteiger partial charge in [-0.05, 0) is 24.3 Å². The summed E-state index contributed by atoms with van der Waals surface area (Å²) in [7, 11) is 4.68. The van der Waals surface area contributed by atoms with Gasteiger partial charge < -0.3 is 24.8 Å². The van der Waals surface area contributed by atoms with Crippen molar-refractivity contribution in [1.82, 2.24) is 0 Å². The monoisotopic (exact) mass is 355 g/mol. The summed E-state index contributed by atoms with van der Waals surface area (Å²) in [5, 5.41) is 3.95. The van der Waals surface area contributed by atoms with Crippen molar-refractivity contribution in [1.29, 1.82) is 0 Å². The largest absolute Gasteiger partial charge is 0.493 e. The number of rotatable bonds is 6. The smallest absolute Gasteiger partial charge is 0.216 e. The van der Waals surface area contributed by atoms with E-state index in [1.54, 1.807) is 33.5 Å². The Kier molecular flexibility index (Phi) is 5.26. The van der Waals surface area contributed by atoms with Crippen molar-refractivity contribution in [3.8, 4) is 17.2 Å². The van der Waals surface area contributed by atoms with Crippen LogP contribution in [-0.2, 0) is 4.74 Å². The highest BCUT2D eigenvalue weighted by Gasteiger charge is 2.27. The van der Waals surface area contributed by atoms with Gasteiger partial charge in [0, 0.05) is 11.1 Å². The van der Waals surface area contributed by atoms with Crippen molar-refractivity contribution in [3.63, 3.8) is 0 Å². The maximum Gasteiger partial charge on any atom is 0.216 e. The first-order chi connectivity index (χ1) is 12.7. The highest BCUT2D eigenvalue weighted by Crippen LogP contribution is 2.38. The molecule has 1 aliphatic heterocycles. The number of hydrogen-bond acceptors (Lipinski definition) is 7. The summed E-state index contributed by atoms with van der Waals surface area (Å²) < 4.78 is 21.9. The van der Waals surface area contributed by atoms with Gasteiger partial charge in [-0.15, -0.1) is 0 Å². The summed E-state index contributed by atoms with van der Waals surface area (Å²) in [6.45, 7) is 0.358. The van der Waals surface area contributed by atoms with Crippen molar-refractivity contribution >= 4 is 11.6 Å². The molecule has 0 radical (unpaired) electrons. The lowest BCUT2D eigenvalue weighted by atomic mass is 10.0. The van der Waals surface area contributed by atoms with Crippen LogP contribution >= 0.6 is 0 Å². The number of aliphatic imine (C=N–C) groups is 1. The molecule has 2 N–H and O–H groups in total. The van der Waals surface area contributed by atoms with Gasteiger partial charge in [-0.3, -0.25) is 0 Å². The van der Waals surface area contributed by atoms with E-state index in [1.807, 2.05) is 30.3 Å². The van der Waals surface area contributed by atoms with E-state index in [4.69, 9.17) is 24.8 Å². The zero-order valence-corrected chi connectivity index (χ0v) is 14.9. The first-order valence-corrected chi connectivity index (χ1v) is 8.06. The van der Waals surface area contributed by atoms with Crippen LogP contribution in [0.2, 0.25) is 0 Å². The molecule has 3 rings (SSSR count). The molecule has 0 amide bonds. The van der Waals surface area contributed by atoms with E-state index >= 15 is 0 Å². The van der Waals surface area contributed by atoms with E-state index in [-0.39, 0.29) is 6.04 Å². The minimum atomic E-state index is -0.321. The van der Waals surface area contributed by atoms with E-state index in [9.17, 15) is 0 Å². The van der Waals surface area contributed by atoms with Gasteiger partial charge in [0.2, 0.25) is 11.6 Å². The van der Waals surface area contributed by atoms with Crippen molar-refractivity contribution < 1.29 is 18.9 Å². The number of nitrogens with zero attached hydrogens (tertiary/aromatic N) is 2. The Morgan fingerprint density at radius 2 is 1.73 bits per heavy atom. The van der Waals surface area contributed by atoms with Crippen LogP contribution in [0.15, 0.2) is 52.6 Å². The molecule has 2 aromatic rings. The Balaban J connectivity index is 1.96. The Hall–Kier alpha value is -3.22. The summed E-state index contributed by atoms with van der Waals surface area (Å²) in [5.41, 5.74) is 2.22. The zero-order valence-electron chi connectivity index (χ0n) is 14.9. The van der Waals surface area contributed by atoms with E-state index < -0.39 is 0 Å². The molecule has 1 heterocycles. The van der Waals surface area contributed by atoms with Crippen LogP contribution in [0.3, 0.4) is 0 Å². The molecule has 0 saturated carbocycles. The second-order valence-electron chi connectivity index (χ2n) is 5.56. The van der Waals surface area contributed by atoms with E-state index in [0.717, 1.165) is 11.1 Å². The molecule has 0 aromatic heterocycles. The van der Waals surface area contributed by atoms with Crippen LogP contribution in [0.4, 0.5) is 0 Å². The minimum Gasteiger partial charge on any atom is -0.493 e. The van der Waals surface area contributed by atoms with E-state index in [0.29, 0.717) is 35.5 Å². The Morgan fingerprint density at radius 1 is 1.08 bits per heavy atom. The zero-order chi connectivity index (χ0) is 18.5. The number of methoxy groups -OCH3 is 3. The molecule has 1 aliphatic rings. The van der Waals surface area contributed by atoms with Crippen LogP contribution in [0, 0.1) is 0 Å². The molecule has 0 spiro atoms. The third kappa shape index (κ3) is 3.28. The highest BCUT2D eigenvalue weighted by atomic mass is 16.5. The topological polar surface area (TPSA) is 87.7 Å². The highest BCUT2D eigenvalue weighted by molar-refractivity contribution is 6.08. The Labute approximate surface area is 152 Å². The lowest BCUT2D eigenvalue weighted by molar-refractivity contribution is 0.324. The minimum absolute atomic E-state index is 0.321. The molecule has 2 aromatic carbocycles. The second kappa shape index (κ2) is 7.77. The lowest BCUT2D eigenvalue weighted by Crippen LogP contribution is -2.23. The SMILES string of the molecule is COc1cc(/C(=N/N)C2COC(c3ccccc3)=N2)cc(OC)c1OC. The number of ether oxygens (including phenoxy) is 4.